The van der Waals surface area contributed by atoms with Crippen LogP contribution in [0.4, 0.5) is 5.69 Å². The number of para-hydroxylation sites is 1. The van der Waals surface area contributed by atoms with Gasteiger partial charge in [0.25, 0.3) is 17.5 Å². The van der Waals surface area contributed by atoms with Crippen molar-refractivity contribution in [2.45, 2.75) is 13.8 Å². The molecule has 0 unspecified atom stereocenters. The molecule has 150 valence electrons. The number of carbonyl (C=O) groups excluding carboxylic acids is 3. The van der Waals surface area contributed by atoms with Gasteiger partial charge in [-0.3, -0.25) is 29.4 Å². The highest BCUT2D eigenvalue weighted by Crippen LogP contribution is 2.28. The molecule has 0 fully saturated rings. The minimum atomic E-state index is -0.705. The zero-order valence-electron chi connectivity index (χ0n) is 16.3. The van der Waals surface area contributed by atoms with Gasteiger partial charge in [-0.1, -0.05) is 18.2 Å². The van der Waals surface area contributed by atoms with Gasteiger partial charge in [-0.05, 0) is 38.1 Å². The molecule has 0 radical (unpaired) electrons. The largest absolute Gasteiger partial charge is 0.318 e. The van der Waals surface area contributed by atoms with Crippen LogP contribution in [-0.4, -0.2) is 38.5 Å². The summed E-state index contributed by atoms with van der Waals surface area (Å²) in [6.45, 7) is 3.25. The first-order valence-electron chi connectivity index (χ1n) is 9.22. The van der Waals surface area contributed by atoms with Crippen LogP contribution < -0.4 is 0 Å². The molecule has 2 heterocycles. The summed E-state index contributed by atoms with van der Waals surface area (Å²) >= 11 is 0. The topological polar surface area (TPSA) is 103 Å². The number of aromatic nitrogens is 1. The first-order chi connectivity index (χ1) is 14.3. The molecule has 2 amide bonds. The van der Waals surface area contributed by atoms with Crippen molar-refractivity contribution in [2.24, 2.45) is 0 Å². The van der Waals surface area contributed by atoms with Crippen molar-refractivity contribution >= 4 is 23.3 Å². The predicted molar refractivity (Wildman–Crippen MR) is 108 cm³/mol. The number of nitrogens with zero attached hydrogens (tertiary/aromatic N) is 3. The van der Waals surface area contributed by atoms with E-state index >= 15 is 0 Å². The van der Waals surface area contributed by atoms with Crippen LogP contribution in [0, 0.1) is 24.0 Å². The number of aryl methyl sites for hydroxylation is 1. The lowest BCUT2D eigenvalue weighted by Gasteiger charge is -2.13. The van der Waals surface area contributed by atoms with Crippen molar-refractivity contribution < 1.29 is 19.3 Å². The highest BCUT2D eigenvalue weighted by atomic mass is 16.6. The first kappa shape index (κ1) is 19.3. The average Bonchev–Trinajstić information content (AvgIpc) is 3.16. The van der Waals surface area contributed by atoms with E-state index in [1.165, 1.54) is 12.1 Å². The number of nitro benzene ring substituents is 1. The Morgan fingerprint density at radius 2 is 1.63 bits per heavy atom. The fraction of sp³-hybridized carbons (Fsp3) is 0.136. The third-order valence-corrected chi connectivity index (χ3v) is 5.21. The highest BCUT2D eigenvalue weighted by Gasteiger charge is 2.38. The van der Waals surface area contributed by atoms with Crippen molar-refractivity contribution in [1.82, 2.24) is 9.47 Å². The smallest absolute Gasteiger partial charge is 0.270 e. The van der Waals surface area contributed by atoms with Crippen LogP contribution >= 0.6 is 0 Å². The number of non-ortho nitro benzene ring substituents is 1. The number of rotatable bonds is 5. The van der Waals surface area contributed by atoms with Gasteiger partial charge < -0.3 is 4.57 Å². The maximum atomic E-state index is 13.0. The number of Topliss-reactive ketones (excluding diaryl/α,β-unsaturated/α-hetero) is 1. The van der Waals surface area contributed by atoms with Crippen molar-refractivity contribution in [3.63, 3.8) is 0 Å². The summed E-state index contributed by atoms with van der Waals surface area (Å²) in [5.41, 5.74) is 2.59. The SMILES string of the molecule is Cc1cc(C(=O)CN2C(=O)c3ccc([N+](=O)[O-])cc3C2=O)c(C)n1-c1ccccc1. The van der Waals surface area contributed by atoms with E-state index in [4.69, 9.17) is 0 Å². The molecule has 8 nitrogen and oxygen atoms in total. The monoisotopic (exact) mass is 403 g/mol. The maximum Gasteiger partial charge on any atom is 0.270 e. The van der Waals surface area contributed by atoms with Crippen molar-refractivity contribution in [2.75, 3.05) is 6.54 Å². The molecule has 1 aliphatic rings. The molecule has 1 aromatic heterocycles. The van der Waals surface area contributed by atoms with Gasteiger partial charge in [-0.15, -0.1) is 0 Å². The number of ketones is 1. The fourth-order valence-corrected chi connectivity index (χ4v) is 3.78. The average molecular weight is 403 g/mol. The van der Waals surface area contributed by atoms with Gasteiger partial charge in [0.15, 0.2) is 5.78 Å². The third kappa shape index (κ3) is 2.98. The van der Waals surface area contributed by atoms with E-state index in [2.05, 4.69) is 0 Å². The molecule has 0 saturated carbocycles. The van der Waals surface area contributed by atoms with Gasteiger partial charge in [-0.25, -0.2) is 0 Å². The summed E-state index contributed by atoms with van der Waals surface area (Å²) in [6, 6.07) is 14.8. The summed E-state index contributed by atoms with van der Waals surface area (Å²) in [6.07, 6.45) is 0. The van der Waals surface area contributed by atoms with Crippen LogP contribution in [0.1, 0.15) is 42.5 Å². The number of imide groups is 1. The normalized spacial score (nSPS) is 12.9. The summed E-state index contributed by atoms with van der Waals surface area (Å²) in [4.78, 5) is 49.4. The molecule has 0 spiro atoms. The van der Waals surface area contributed by atoms with Crippen LogP contribution in [0.3, 0.4) is 0 Å². The number of hydrogen-bond donors (Lipinski definition) is 0. The van der Waals surface area contributed by atoms with E-state index in [0.29, 0.717) is 11.3 Å². The molecular formula is C22H17N3O5. The quantitative estimate of drug-likeness (QED) is 0.281. The zero-order chi connectivity index (χ0) is 21.6. The summed E-state index contributed by atoms with van der Waals surface area (Å²) in [5.74, 6) is -1.71. The summed E-state index contributed by atoms with van der Waals surface area (Å²) in [5, 5.41) is 11.0. The number of amides is 2. The Balaban J connectivity index is 1.63. The Kier molecular flexibility index (Phi) is 4.54. The van der Waals surface area contributed by atoms with E-state index in [1.54, 1.807) is 13.0 Å². The van der Waals surface area contributed by atoms with Crippen LogP contribution in [0.25, 0.3) is 5.69 Å². The van der Waals surface area contributed by atoms with Gasteiger partial charge in [0.2, 0.25) is 0 Å². The van der Waals surface area contributed by atoms with Gasteiger partial charge in [0.05, 0.1) is 22.6 Å². The molecule has 0 atom stereocenters. The lowest BCUT2D eigenvalue weighted by atomic mass is 10.1. The number of nitro groups is 1. The van der Waals surface area contributed by atoms with Crippen LogP contribution in [0.2, 0.25) is 0 Å². The molecule has 0 bridgehead atoms. The van der Waals surface area contributed by atoms with Crippen LogP contribution in [-0.2, 0) is 0 Å². The van der Waals surface area contributed by atoms with Crippen LogP contribution in [0.15, 0.2) is 54.6 Å². The second-order valence-corrected chi connectivity index (χ2v) is 7.06. The van der Waals surface area contributed by atoms with E-state index in [1.807, 2.05) is 41.8 Å². The lowest BCUT2D eigenvalue weighted by Crippen LogP contribution is -2.35. The Bertz CT molecular complexity index is 1230. The molecule has 3 aromatic rings. The molecule has 4 rings (SSSR count). The molecule has 0 N–H and O–H groups in total. The number of fused-ring (bicyclic) bond motifs is 1. The van der Waals surface area contributed by atoms with Gasteiger partial charge in [-0.2, -0.15) is 0 Å². The Hall–Kier alpha value is -4.07. The van der Waals surface area contributed by atoms with E-state index in [-0.39, 0.29) is 22.6 Å². The van der Waals surface area contributed by atoms with Crippen molar-refractivity contribution in [1.29, 1.82) is 0 Å². The van der Waals surface area contributed by atoms with Crippen molar-refractivity contribution in [3.8, 4) is 5.69 Å². The lowest BCUT2D eigenvalue weighted by molar-refractivity contribution is -0.384. The zero-order valence-corrected chi connectivity index (χ0v) is 16.3. The predicted octanol–water partition coefficient (Wildman–Crippen LogP) is 3.48. The number of carbonyl (C=O) groups is 3. The Labute approximate surface area is 171 Å². The Morgan fingerprint density at radius 3 is 2.30 bits per heavy atom. The molecule has 0 aliphatic carbocycles. The Morgan fingerprint density at radius 1 is 0.967 bits per heavy atom. The molecule has 2 aromatic carbocycles. The van der Waals surface area contributed by atoms with Crippen LogP contribution in [0.5, 0.6) is 0 Å². The fourth-order valence-electron chi connectivity index (χ4n) is 3.78. The molecule has 30 heavy (non-hydrogen) atoms. The molecule has 1 aliphatic heterocycles. The minimum absolute atomic E-state index is 0.0586. The minimum Gasteiger partial charge on any atom is -0.318 e. The second-order valence-electron chi connectivity index (χ2n) is 7.06. The first-order valence-corrected chi connectivity index (χ1v) is 9.22. The van der Waals surface area contributed by atoms with Gasteiger partial charge in [0, 0.05) is 34.8 Å². The molecular weight excluding hydrogens is 386 g/mol. The van der Waals surface area contributed by atoms with Crippen molar-refractivity contribution in [3.05, 3.63) is 92.8 Å². The highest BCUT2D eigenvalue weighted by molar-refractivity contribution is 6.23. The third-order valence-electron chi connectivity index (χ3n) is 5.21. The summed E-state index contributed by atoms with van der Waals surface area (Å²) in [7, 11) is 0. The van der Waals surface area contributed by atoms with E-state index in [9.17, 15) is 24.5 Å². The molecule has 0 saturated heterocycles. The second kappa shape index (κ2) is 7.07. The standard InChI is InChI=1S/C22H17N3O5/c1-13-10-18(14(2)24(13)15-6-4-3-5-7-15)20(26)12-23-21(27)17-9-8-16(25(29)30)11-19(17)22(23)28/h3-11H,12H2,1-2H3. The van der Waals surface area contributed by atoms with Gasteiger partial charge >= 0.3 is 0 Å². The van der Waals surface area contributed by atoms with Gasteiger partial charge in [0.1, 0.15) is 0 Å². The number of benzene rings is 2. The maximum absolute atomic E-state index is 13.0. The van der Waals surface area contributed by atoms with E-state index in [0.717, 1.165) is 22.3 Å². The summed E-state index contributed by atoms with van der Waals surface area (Å²) < 4.78 is 1.93. The van der Waals surface area contributed by atoms with E-state index < -0.39 is 23.3 Å². The molecule has 8 heteroatoms. The number of hydrogen-bond acceptors (Lipinski definition) is 5.